The fourth-order valence-corrected chi connectivity index (χ4v) is 2.90. The molecule has 28 heavy (non-hydrogen) atoms. The van der Waals surface area contributed by atoms with E-state index in [9.17, 15) is 14.0 Å². The van der Waals surface area contributed by atoms with Crippen LogP contribution in [0.4, 0.5) is 10.1 Å². The molecule has 1 aliphatic rings. The Morgan fingerprint density at radius 2 is 2.14 bits per heavy atom. The molecule has 9 heteroatoms. The molecule has 1 saturated heterocycles. The van der Waals surface area contributed by atoms with Gasteiger partial charge in [0, 0.05) is 24.5 Å². The number of rotatable bonds is 4. The molecule has 0 saturated carbocycles. The van der Waals surface area contributed by atoms with Crippen LogP contribution in [0.5, 0.6) is 0 Å². The quantitative estimate of drug-likeness (QED) is 0.736. The van der Waals surface area contributed by atoms with E-state index in [1.807, 2.05) is 0 Å². The third-order valence-corrected chi connectivity index (χ3v) is 4.42. The predicted molar refractivity (Wildman–Crippen MR) is 102 cm³/mol. The number of morpholine rings is 1. The Kier molecular flexibility index (Phi) is 5.36. The smallest absolute Gasteiger partial charge is 0.274 e. The van der Waals surface area contributed by atoms with E-state index in [-0.39, 0.29) is 17.9 Å². The molecule has 2 aromatic rings. The number of carbonyl (C=O) groups is 2. The van der Waals surface area contributed by atoms with Gasteiger partial charge in [0.1, 0.15) is 24.0 Å². The van der Waals surface area contributed by atoms with Gasteiger partial charge in [-0.1, -0.05) is 0 Å². The number of carbonyl (C=O) groups excluding carboxylic acids is 2. The van der Waals surface area contributed by atoms with Crippen LogP contribution >= 0.6 is 0 Å². The van der Waals surface area contributed by atoms with Crippen molar-refractivity contribution in [3.63, 3.8) is 0 Å². The number of halogens is 1. The summed E-state index contributed by atoms with van der Waals surface area (Å²) in [6.45, 7) is 2.37. The summed E-state index contributed by atoms with van der Waals surface area (Å²) in [6.07, 6.45) is 1.23. The summed E-state index contributed by atoms with van der Waals surface area (Å²) in [5.74, 6) is -0.949. The SMILES string of the molecule is CN=C1COCC(C)(c2cc(NC(=O)c3ccc(C(N)=O)cn3)ccc2F)N1. The average molecular weight is 385 g/mol. The third kappa shape index (κ3) is 3.99. The molecule has 0 spiro atoms. The van der Waals surface area contributed by atoms with Crippen LogP contribution in [0.1, 0.15) is 33.3 Å². The van der Waals surface area contributed by atoms with Crippen LogP contribution in [0.3, 0.4) is 0 Å². The van der Waals surface area contributed by atoms with Gasteiger partial charge in [0.05, 0.1) is 17.7 Å². The number of nitrogens with two attached hydrogens (primary N) is 1. The molecular weight excluding hydrogens is 365 g/mol. The molecule has 2 amide bonds. The van der Waals surface area contributed by atoms with E-state index in [0.717, 1.165) is 0 Å². The second kappa shape index (κ2) is 7.73. The minimum absolute atomic E-state index is 0.0987. The largest absolute Gasteiger partial charge is 0.371 e. The molecule has 4 N–H and O–H groups in total. The number of pyridine rings is 1. The molecule has 1 atom stereocenters. The van der Waals surface area contributed by atoms with Gasteiger partial charge in [0.2, 0.25) is 5.91 Å². The second-order valence-corrected chi connectivity index (χ2v) is 6.57. The first kappa shape index (κ1) is 19.4. The van der Waals surface area contributed by atoms with E-state index >= 15 is 0 Å². The number of nitrogens with zero attached hydrogens (tertiary/aromatic N) is 2. The molecule has 1 aliphatic heterocycles. The standard InChI is InChI=1S/C19H20FN5O3/c1-19(10-28-9-16(22-2)25-19)13-7-12(4-5-14(13)20)24-18(27)15-6-3-11(8-23-15)17(21)26/h3-8H,9-10H2,1-2H3,(H2,21,26)(H,22,25)(H,24,27). The summed E-state index contributed by atoms with van der Waals surface area (Å²) in [4.78, 5) is 31.5. The van der Waals surface area contributed by atoms with E-state index in [2.05, 4.69) is 20.6 Å². The van der Waals surface area contributed by atoms with Crippen molar-refractivity contribution in [1.29, 1.82) is 0 Å². The molecule has 0 radical (unpaired) electrons. The molecule has 2 heterocycles. The van der Waals surface area contributed by atoms with Gasteiger partial charge in [-0.05, 0) is 37.3 Å². The van der Waals surface area contributed by atoms with Crippen molar-refractivity contribution in [3.8, 4) is 0 Å². The lowest BCUT2D eigenvalue weighted by Crippen LogP contribution is -2.53. The number of amides is 2. The Morgan fingerprint density at radius 3 is 2.79 bits per heavy atom. The number of nitrogens with one attached hydrogen (secondary N) is 2. The third-order valence-electron chi connectivity index (χ3n) is 4.42. The predicted octanol–water partition coefficient (Wildman–Crippen LogP) is 1.44. The topological polar surface area (TPSA) is 119 Å². The molecular formula is C19H20FN5O3. The number of anilines is 1. The Hall–Kier alpha value is -3.33. The highest BCUT2D eigenvalue weighted by Crippen LogP contribution is 2.29. The van der Waals surface area contributed by atoms with Gasteiger partial charge in [-0.15, -0.1) is 0 Å². The van der Waals surface area contributed by atoms with E-state index in [4.69, 9.17) is 10.5 Å². The lowest BCUT2D eigenvalue weighted by atomic mass is 9.90. The number of hydrogen-bond acceptors (Lipinski definition) is 5. The van der Waals surface area contributed by atoms with Gasteiger partial charge < -0.3 is 21.1 Å². The molecule has 146 valence electrons. The fraction of sp³-hybridized carbons (Fsp3) is 0.263. The van der Waals surface area contributed by atoms with Gasteiger partial charge in [-0.2, -0.15) is 0 Å². The number of aromatic nitrogens is 1. The number of hydrogen-bond donors (Lipinski definition) is 3. The first-order chi connectivity index (χ1) is 13.3. The van der Waals surface area contributed by atoms with E-state index in [0.29, 0.717) is 23.7 Å². The lowest BCUT2D eigenvalue weighted by Gasteiger charge is -2.37. The van der Waals surface area contributed by atoms with Crippen LogP contribution in [0, 0.1) is 5.82 Å². The average Bonchev–Trinajstić information content (AvgIpc) is 2.69. The van der Waals surface area contributed by atoms with Crippen LogP contribution in [0.2, 0.25) is 0 Å². The first-order valence-electron chi connectivity index (χ1n) is 8.51. The lowest BCUT2D eigenvalue weighted by molar-refractivity contribution is 0.0834. The van der Waals surface area contributed by atoms with E-state index in [1.54, 1.807) is 20.0 Å². The highest BCUT2D eigenvalue weighted by atomic mass is 19.1. The number of primary amides is 1. The zero-order valence-electron chi connectivity index (χ0n) is 15.5. The van der Waals surface area contributed by atoms with Crippen LogP contribution in [0.25, 0.3) is 0 Å². The minimum atomic E-state index is -0.834. The highest BCUT2D eigenvalue weighted by molar-refractivity contribution is 6.03. The monoisotopic (exact) mass is 385 g/mol. The molecule has 0 bridgehead atoms. The molecule has 0 aliphatic carbocycles. The van der Waals surface area contributed by atoms with Gasteiger partial charge in [0.15, 0.2) is 0 Å². The Morgan fingerprint density at radius 1 is 1.36 bits per heavy atom. The molecule has 1 fully saturated rings. The van der Waals surface area contributed by atoms with Crippen molar-refractivity contribution in [1.82, 2.24) is 10.3 Å². The first-order valence-corrected chi connectivity index (χ1v) is 8.51. The molecule has 8 nitrogen and oxygen atoms in total. The van der Waals surface area contributed by atoms with Gasteiger partial charge >= 0.3 is 0 Å². The van der Waals surface area contributed by atoms with Crippen molar-refractivity contribution in [2.24, 2.45) is 10.7 Å². The molecule has 1 aromatic heterocycles. The Balaban J connectivity index is 1.83. The van der Waals surface area contributed by atoms with Crippen LogP contribution in [0.15, 0.2) is 41.5 Å². The van der Waals surface area contributed by atoms with E-state index < -0.39 is 23.2 Å². The summed E-state index contributed by atoms with van der Waals surface area (Å²) < 4.78 is 20.0. The van der Waals surface area contributed by atoms with Crippen molar-refractivity contribution in [2.75, 3.05) is 25.6 Å². The van der Waals surface area contributed by atoms with Crippen molar-refractivity contribution < 1.29 is 18.7 Å². The van der Waals surface area contributed by atoms with Crippen LogP contribution in [-0.2, 0) is 10.3 Å². The van der Waals surface area contributed by atoms with Gasteiger partial charge in [-0.25, -0.2) is 4.39 Å². The number of aliphatic imine (C=N–C) groups is 1. The maximum absolute atomic E-state index is 14.5. The highest BCUT2D eigenvalue weighted by Gasteiger charge is 2.34. The minimum Gasteiger partial charge on any atom is -0.371 e. The Bertz CT molecular complexity index is 945. The zero-order valence-corrected chi connectivity index (χ0v) is 15.5. The van der Waals surface area contributed by atoms with Crippen LogP contribution in [-0.4, -0.2) is 42.9 Å². The summed E-state index contributed by atoms with van der Waals surface area (Å²) in [5.41, 5.74) is 5.35. The number of benzene rings is 1. The fourth-order valence-electron chi connectivity index (χ4n) is 2.90. The maximum atomic E-state index is 14.5. The second-order valence-electron chi connectivity index (χ2n) is 6.57. The molecule has 1 aromatic carbocycles. The number of amidine groups is 1. The zero-order chi connectivity index (χ0) is 20.3. The summed E-state index contributed by atoms with van der Waals surface area (Å²) in [7, 11) is 1.63. The summed E-state index contributed by atoms with van der Waals surface area (Å²) >= 11 is 0. The molecule has 3 rings (SSSR count). The molecule has 1 unspecified atom stereocenters. The van der Waals surface area contributed by atoms with Gasteiger partial charge in [-0.3, -0.25) is 19.6 Å². The summed E-state index contributed by atoms with van der Waals surface area (Å²) in [5, 5.41) is 5.85. The van der Waals surface area contributed by atoms with Crippen molar-refractivity contribution >= 4 is 23.3 Å². The Labute approximate surface area is 161 Å². The van der Waals surface area contributed by atoms with E-state index in [1.165, 1.54) is 30.5 Å². The maximum Gasteiger partial charge on any atom is 0.274 e. The number of ether oxygens (including phenoxy) is 1. The van der Waals surface area contributed by atoms with Crippen molar-refractivity contribution in [2.45, 2.75) is 12.5 Å². The van der Waals surface area contributed by atoms with Gasteiger partial charge in [0.25, 0.3) is 5.91 Å². The summed E-state index contributed by atoms with van der Waals surface area (Å²) in [6, 6.07) is 7.08. The van der Waals surface area contributed by atoms with Crippen molar-refractivity contribution in [3.05, 3.63) is 59.2 Å². The normalized spacial score (nSPS) is 20.5. The van der Waals surface area contributed by atoms with Crippen LogP contribution < -0.4 is 16.4 Å².